The Hall–Kier alpha value is -2.53. The summed E-state index contributed by atoms with van der Waals surface area (Å²) in [6.07, 6.45) is 0. The average Bonchev–Trinajstić information content (AvgIpc) is 2.81. The lowest BCUT2D eigenvalue weighted by Crippen LogP contribution is -2.22. The Bertz CT molecular complexity index is 661. The Morgan fingerprint density at radius 3 is 1.74 bits per heavy atom. The second-order valence-electron chi connectivity index (χ2n) is 3.26. The minimum absolute atomic E-state index is 0.0323. The van der Waals surface area contributed by atoms with Crippen LogP contribution in [-0.4, -0.2) is 37.5 Å². The van der Waals surface area contributed by atoms with E-state index in [1.54, 1.807) is 0 Å². The second-order valence-corrected chi connectivity index (χ2v) is 4.62. The van der Waals surface area contributed by atoms with Crippen LogP contribution in [0.25, 0.3) is 0 Å². The number of aromatic nitrogens is 2. The van der Waals surface area contributed by atoms with E-state index in [0.29, 0.717) is 0 Å². The summed E-state index contributed by atoms with van der Waals surface area (Å²) in [6, 6.07) is 3.83. The van der Waals surface area contributed by atoms with Crippen molar-refractivity contribution in [2.75, 3.05) is 0 Å². The zero-order valence-electron chi connectivity index (χ0n) is 9.03. The van der Waals surface area contributed by atoms with Gasteiger partial charge in [-0.05, 0) is 4.33 Å². The van der Waals surface area contributed by atoms with Gasteiger partial charge in [-0.1, -0.05) is 4.73 Å². The van der Waals surface area contributed by atoms with Crippen LogP contribution in [0.4, 0.5) is 0 Å². The molecule has 2 rings (SSSR count). The van der Waals surface area contributed by atoms with Gasteiger partial charge in [0.05, 0.1) is 0 Å². The summed E-state index contributed by atoms with van der Waals surface area (Å²) in [5, 5.41) is 36.8. The van der Waals surface area contributed by atoms with E-state index in [9.17, 15) is 18.6 Å². The first-order chi connectivity index (χ1) is 8.83. The Labute approximate surface area is 106 Å². The van der Waals surface area contributed by atoms with Crippen molar-refractivity contribution < 1.29 is 38.2 Å². The van der Waals surface area contributed by atoms with Gasteiger partial charge in [-0.15, -0.1) is 3.97 Å². The first kappa shape index (κ1) is 12.9. The van der Waals surface area contributed by atoms with Crippen LogP contribution in [0.5, 0.6) is 23.5 Å². The van der Waals surface area contributed by atoms with E-state index < -0.39 is 33.8 Å². The minimum Gasteiger partial charge on any atom is -0.494 e. The summed E-state index contributed by atoms with van der Waals surface area (Å²) in [6.45, 7) is 0. The SMILES string of the molecule is O=S(=O)(OOn1c(O)ccc1O)n1c(O)ccc1O. The van der Waals surface area contributed by atoms with Gasteiger partial charge in [0, 0.05) is 24.3 Å². The standard InChI is InChI=1S/C8H8N2O8S/c11-5-1-2-6(12)9(5)17-18-19(15,16)10-7(13)3-4-8(10)14/h1-4,11-14H. The molecule has 0 aromatic carbocycles. The minimum atomic E-state index is -4.74. The summed E-state index contributed by atoms with van der Waals surface area (Å²) in [5.74, 6) is -2.90. The molecule has 0 aliphatic rings. The van der Waals surface area contributed by atoms with Gasteiger partial charge >= 0.3 is 10.3 Å². The molecule has 0 atom stereocenters. The van der Waals surface area contributed by atoms with Crippen molar-refractivity contribution in [2.24, 2.45) is 0 Å². The van der Waals surface area contributed by atoms with Crippen molar-refractivity contribution in [1.29, 1.82) is 0 Å². The summed E-state index contributed by atoms with van der Waals surface area (Å²) >= 11 is 0. The van der Waals surface area contributed by atoms with Gasteiger partial charge in [-0.2, -0.15) is 8.42 Å². The molecule has 11 heteroatoms. The predicted octanol–water partition coefficient (Wildman–Crippen LogP) is -0.735. The van der Waals surface area contributed by atoms with Crippen LogP contribution in [-0.2, 0) is 14.6 Å². The van der Waals surface area contributed by atoms with Crippen molar-refractivity contribution in [2.45, 2.75) is 0 Å². The molecule has 0 spiro atoms. The van der Waals surface area contributed by atoms with Crippen molar-refractivity contribution in [3.63, 3.8) is 0 Å². The van der Waals surface area contributed by atoms with Crippen LogP contribution in [0.15, 0.2) is 24.3 Å². The fourth-order valence-electron chi connectivity index (χ4n) is 1.21. The topological polar surface area (TPSA) is 143 Å². The van der Waals surface area contributed by atoms with Crippen molar-refractivity contribution in [3.05, 3.63) is 24.3 Å². The van der Waals surface area contributed by atoms with E-state index in [2.05, 4.69) is 9.32 Å². The zero-order valence-corrected chi connectivity index (χ0v) is 9.85. The van der Waals surface area contributed by atoms with Gasteiger partial charge in [0.25, 0.3) is 0 Å². The Morgan fingerprint density at radius 1 is 0.842 bits per heavy atom. The van der Waals surface area contributed by atoms with Gasteiger partial charge in [-0.3, -0.25) is 0 Å². The monoisotopic (exact) mass is 292 g/mol. The summed E-state index contributed by atoms with van der Waals surface area (Å²) in [4.78, 5) is 4.19. The average molecular weight is 292 g/mol. The smallest absolute Gasteiger partial charge is 0.408 e. The van der Waals surface area contributed by atoms with Crippen LogP contribution >= 0.6 is 0 Å². The van der Waals surface area contributed by atoms with Crippen LogP contribution in [0.3, 0.4) is 0 Å². The van der Waals surface area contributed by atoms with E-state index >= 15 is 0 Å². The molecule has 104 valence electrons. The zero-order chi connectivity index (χ0) is 14.2. The van der Waals surface area contributed by atoms with E-state index in [1.807, 2.05) is 0 Å². The maximum atomic E-state index is 11.6. The van der Waals surface area contributed by atoms with Gasteiger partial charge < -0.3 is 20.4 Å². The van der Waals surface area contributed by atoms with Crippen LogP contribution in [0.1, 0.15) is 0 Å². The maximum absolute atomic E-state index is 11.6. The van der Waals surface area contributed by atoms with Gasteiger partial charge in [-0.25, -0.2) is 4.99 Å². The van der Waals surface area contributed by atoms with Gasteiger partial charge in [0.2, 0.25) is 23.5 Å². The Morgan fingerprint density at radius 2 is 1.26 bits per heavy atom. The van der Waals surface area contributed by atoms with Crippen molar-refractivity contribution in [3.8, 4) is 23.5 Å². The van der Waals surface area contributed by atoms with Gasteiger partial charge in [0.1, 0.15) is 0 Å². The number of hydrogen-bond acceptors (Lipinski definition) is 8. The van der Waals surface area contributed by atoms with Gasteiger partial charge in [0.15, 0.2) is 0 Å². The molecule has 0 saturated heterocycles. The van der Waals surface area contributed by atoms with E-state index in [1.165, 1.54) is 0 Å². The molecule has 0 aliphatic carbocycles. The summed E-state index contributed by atoms with van der Waals surface area (Å²) in [7, 11) is -4.74. The highest BCUT2D eigenvalue weighted by atomic mass is 32.2. The third-order valence-electron chi connectivity index (χ3n) is 2.01. The van der Waals surface area contributed by atoms with E-state index in [0.717, 1.165) is 24.3 Å². The Balaban J connectivity index is 2.24. The molecular weight excluding hydrogens is 284 g/mol. The van der Waals surface area contributed by atoms with Crippen LogP contribution < -0.4 is 4.99 Å². The molecule has 0 radical (unpaired) electrons. The molecule has 19 heavy (non-hydrogen) atoms. The largest absolute Gasteiger partial charge is 0.494 e. The number of hydrogen-bond donors (Lipinski definition) is 4. The lowest BCUT2D eigenvalue weighted by molar-refractivity contribution is -0.211. The molecule has 0 amide bonds. The first-order valence-corrected chi connectivity index (χ1v) is 6.01. The summed E-state index contributed by atoms with van der Waals surface area (Å²) < 4.78 is 27.4. The molecule has 0 bridgehead atoms. The number of aromatic hydroxyl groups is 4. The molecule has 10 nitrogen and oxygen atoms in total. The number of rotatable bonds is 4. The highest BCUT2D eigenvalue weighted by Gasteiger charge is 2.24. The second kappa shape index (κ2) is 4.29. The van der Waals surface area contributed by atoms with Crippen molar-refractivity contribution >= 4 is 10.3 Å². The fraction of sp³-hybridized carbons (Fsp3) is 0. The Kier molecular flexibility index (Phi) is 2.92. The third-order valence-corrected chi connectivity index (χ3v) is 3.06. The van der Waals surface area contributed by atoms with Crippen molar-refractivity contribution in [1.82, 2.24) is 8.70 Å². The lowest BCUT2D eigenvalue weighted by atomic mass is 10.6. The number of nitrogens with zero attached hydrogens (tertiary/aromatic N) is 2. The normalized spacial score (nSPS) is 11.6. The highest BCUT2D eigenvalue weighted by molar-refractivity contribution is 7.85. The molecule has 4 N–H and O–H groups in total. The maximum Gasteiger partial charge on any atom is 0.408 e. The molecule has 0 saturated carbocycles. The predicted molar refractivity (Wildman–Crippen MR) is 57.5 cm³/mol. The molecule has 0 unspecified atom stereocenters. The molecule has 2 aromatic rings. The molecule has 2 heterocycles. The van der Waals surface area contributed by atoms with Crippen LogP contribution in [0.2, 0.25) is 0 Å². The highest BCUT2D eigenvalue weighted by Crippen LogP contribution is 2.25. The third kappa shape index (κ3) is 2.23. The molecule has 0 fully saturated rings. The molecule has 0 aliphatic heterocycles. The first-order valence-electron chi connectivity index (χ1n) is 4.64. The van der Waals surface area contributed by atoms with Crippen LogP contribution in [0, 0.1) is 0 Å². The summed E-state index contributed by atoms with van der Waals surface area (Å²) in [5.41, 5.74) is 0. The molecule has 2 aromatic heterocycles. The molecular formula is C8H8N2O8S. The lowest BCUT2D eigenvalue weighted by Gasteiger charge is -2.08. The van der Waals surface area contributed by atoms with E-state index in [-0.39, 0.29) is 8.70 Å². The fourth-order valence-corrected chi connectivity index (χ4v) is 1.99. The van der Waals surface area contributed by atoms with E-state index in [4.69, 9.17) is 10.2 Å². The quantitative estimate of drug-likeness (QED) is 0.426.